The molecule has 3 aromatic rings. The summed E-state index contributed by atoms with van der Waals surface area (Å²) in [7, 11) is 0. The predicted octanol–water partition coefficient (Wildman–Crippen LogP) is 6.34. The highest BCUT2D eigenvalue weighted by atomic mass is 16.6. The van der Waals surface area contributed by atoms with Crippen molar-refractivity contribution in [2.24, 2.45) is 5.41 Å². The van der Waals surface area contributed by atoms with Gasteiger partial charge in [-0.2, -0.15) is 0 Å². The second-order valence-electron chi connectivity index (χ2n) is 12.3. The Balaban J connectivity index is 1.38. The summed E-state index contributed by atoms with van der Waals surface area (Å²) >= 11 is 0. The molecule has 3 amide bonds. The first-order valence-corrected chi connectivity index (χ1v) is 15.5. The number of para-hydroxylation sites is 1. The molecule has 1 saturated heterocycles. The number of ketones is 1. The van der Waals surface area contributed by atoms with Crippen LogP contribution in [0.4, 0.5) is 4.79 Å². The number of alkyl carbamates (subject to hydrolysis) is 1. The zero-order valence-corrected chi connectivity index (χ0v) is 26.5. The largest absolute Gasteiger partial charge is 0.457 e. The zero-order chi connectivity index (χ0) is 32.4. The topological polar surface area (TPSA) is 114 Å². The Morgan fingerprint density at radius 2 is 1.58 bits per heavy atom. The number of likely N-dealkylation sites (tertiary alicyclic amines) is 1. The molecule has 45 heavy (non-hydrogen) atoms. The lowest BCUT2D eigenvalue weighted by Crippen LogP contribution is -2.49. The van der Waals surface area contributed by atoms with Gasteiger partial charge in [0.15, 0.2) is 6.23 Å². The minimum absolute atomic E-state index is 0.0981. The van der Waals surface area contributed by atoms with Gasteiger partial charge in [-0.25, -0.2) is 4.79 Å². The van der Waals surface area contributed by atoms with E-state index in [-0.39, 0.29) is 30.2 Å². The third kappa shape index (κ3) is 9.66. The number of nitrogens with one attached hydrogen (secondary N) is 2. The van der Waals surface area contributed by atoms with E-state index in [4.69, 9.17) is 9.47 Å². The molecule has 0 saturated carbocycles. The van der Waals surface area contributed by atoms with Gasteiger partial charge in [-0.15, -0.1) is 0 Å². The highest BCUT2D eigenvalue weighted by Gasteiger charge is 2.42. The quantitative estimate of drug-likeness (QED) is 0.218. The molecule has 4 rings (SSSR count). The Hall–Kier alpha value is -4.66. The Labute approximate surface area is 265 Å². The molecule has 0 radical (unpaired) electrons. The lowest BCUT2D eigenvalue weighted by atomic mass is 9.93. The average molecular weight is 614 g/mol. The van der Waals surface area contributed by atoms with E-state index in [0.29, 0.717) is 30.9 Å². The van der Waals surface area contributed by atoms with Gasteiger partial charge in [0, 0.05) is 13.0 Å². The standard InChI is InChI=1S/C36H43N3O6/c1-5-6-20-30(33(41)34(42)37-25(2)27-15-9-7-10-16-27)38-35(43)45-32-23-36(3,4)24-39(32)31(40)22-26-14-13-19-29(21-26)44-28-17-11-8-12-18-28/h7-19,21,25,30,32H,5-6,20,22-24H2,1-4H3,(H,37,42)(H,38,43)/t25-,30+,32?/m1/s1. The summed E-state index contributed by atoms with van der Waals surface area (Å²) in [5, 5.41) is 5.34. The highest BCUT2D eigenvalue weighted by molar-refractivity contribution is 6.38. The molecule has 1 unspecified atom stereocenters. The van der Waals surface area contributed by atoms with Gasteiger partial charge < -0.3 is 25.0 Å². The number of carbonyl (C=O) groups is 4. The number of ether oxygens (including phenoxy) is 2. The third-order valence-corrected chi connectivity index (χ3v) is 7.80. The van der Waals surface area contributed by atoms with Crippen LogP contribution in [0.3, 0.4) is 0 Å². The van der Waals surface area contributed by atoms with Crippen molar-refractivity contribution in [2.75, 3.05) is 6.54 Å². The summed E-state index contributed by atoms with van der Waals surface area (Å²) in [5.74, 6) is -0.389. The third-order valence-electron chi connectivity index (χ3n) is 7.80. The van der Waals surface area contributed by atoms with Gasteiger partial charge in [0.2, 0.25) is 11.7 Å². The van der Waals surface area contributed by atoms with Gasteiger partial charge >= 0.3 is 6.09 Å². The van der Waals surface area contributed by atoms with Crippen LogP contribution in [0.25, 0.3) is 0 Å². The molecular formula is C36H43N3O6. The second kappa shape index (κ2) is 15.4. The predicted molar refractivity (Wildman–Crippen MR) is 171 cm³/mol. The van der Waals surface area contributed by atoms with Crippen molar-refractivity contribution in [3.63, 3.8) is 0 Å². The van der Waals surface area contributed by atoms with Gasteiger partial charge in [0.1, 0.15) is 17.5 Å². The number of carbonyl (C=O) groups excluding carboxylic acids is 4. The molecule has 1 aliphatic rings. The first-order valence-electron chi connectivity index (χ1n) is 15.5. The van der Waals surface area contributed by atoms with Crippen molar-refractivity contribution in [1.82, 2.24) is 15.5 Å². The average Bonchev–Trinajstić information content (AvgIpc) is 3.33. The van der Waals surface area contributed by atoms with Crippen LogP contribution in [0.2, 0.25) is 0 Å². The van der Waals surface area contributed by atoms with E-state index in [0.717, 1.165) is 17.5 Å². The number of nitrogens with zero attached hydrogens (tertiary/aromatic N) is 1. The molecule has 1 heterocycles. The summed E-state index contributed by atoms with van der Waals surface area (Å²) < 4.78 is 11.7. The summed E-state index contributed by atoms with van der Waals surface area (Å²) in [4.78, 5) is 54.2. The number of rotatable bonds is 13. The molecule has 3 atom stereocenters. The van der Waals surface area contributed by atoms with Crippen molar-refractivity contribution in [3.8, 4) is 11.5 Å². The lowest BCUT2D eigenvalue weighted by Gasteiger charge is -2.26. The molecule has 238 valence electrons. The number of benzene rings is 3. The van der Waals surface area contributed by atoms with Crippen LogP contribution in [0, 0.1) is 5.41 Å². The van der Waals surface area contributed by atoms with Gasteiger partial charge in [-0.1, -0.05) is 94.3 Å². The van der Waals surface area contributed by atoms with Crippen molar-refractivity contribution in [3.05, 3.63) is 96.1 Å². The molecule has 3 aromatic carbocycles. The molecule has 9 nitrogen and oxygen atoms in total. The summed E-state index contributed by atoms with van der Waals surface area (Å²) in [6.45, 7) is 8.18. The molecule has 2 N–H and O–H groups in total. The second-order valence-corrected chi connectivity index (χ2v) is 12.3. The van der Waals surface area contributed by atoms with Crippen molar-refractivity contribution < 1.29 is 28.7 Å². The maximum absolute atomic E-state index is 13.5. The minimum atomic E-state index is -1.05. The number of Topliss-reactive ketones (excluding diaryl/α,β-unsaturated/α-hetero) is 1. The fraction of sp³-hybridized carbons (Fsp3) is 0.389. The number of amides is 3. The van der Waals surface area contributed by atoms with Crippen LogP contribution in [-0.2, 0) is 25.5 Å². The van der Waals surface area contributed by atoms with Crippen molar-refractivity contribution in [2.45, 2.75) is 78.1 Å². The maximum Gasteiger partial charge on any atom is 0.409 e. The Bertz CT molecular complexity index is 1460. The Morgan fingerprint density at radius 1 is 0.911 bits per heavy atom. The van der Waals surface area contributed by atoms with Gasteiger partial charge in [-0.05, 0) is 54.2 Å². The Kier molecular flexibility index (Phi) is 11.4. The molecule has 0 spiro atoms. The van der Waals surface area contributed by atoms with Crippen LogP contribution in [-0.4, -0.2) is 47.4 Å². The molecule has 0 aliphatic carbocycles. The van der Waals surface area contributed by atoms with Crippen LogP contribution in [0.15, 0.2) is 84.9 Å². The summed E-state index contributed by atoms with van der Waals surface area (Å²) in [5.41, 5.74) is 1.34. The fourth-order valence-corrected chi connectivity index (χ4v) is 5.41. The van der Waals surface area contributed by atoms with E-state index in [1.807, 2.05) is 106 Å². The van der Waals surface area contributed by atoms with E-state index >= 15 is 0 Å². The monoisotopic (exact) mass is 613 g/mol. The molecule has 0 bridgehead atoms. The zero-order valence-electron chi connectivity index (χ0n) is 26.5. The van der Waals surface area contributed by atoms with Gasteiger partial charge in [-0.3, -0.25) is 14.4 Å². The van der Waals surface area contributed by atoms with Crippen molar-refractivity contribution >= 4 is 23.7 Å². The number of hydrogen-bond donors (Lipinski definition) is 2. The molecule has 1 fully saturated rings. The summed E-state index contributed by atoms with van der Waals surface area (Å²) in [6, 6.07) is 24.6. The number of unbranched alkanes of at least 4 members (excludes halogenated alkanes) is 1. The highest BCUT2D eigenvalue weighted by Crippen LogP contribution is 2.35. The van der Waals surface area contributed by atoms with Crippen LogP contribution < -0.4 is 15.4 Å². The van der Waals surface area contributed by atoms with E-state index < -0.39 is 30.1 Å². The van der Waals surface area contributed by atoms with E-state index in [1.165, 1.54) is 0 Å². The van der Waals surface area contributed by atoms with Crippen LogP contribution in [0.5, 0.6) is 11.5 Å². The minimum Gasteiger partial charge on any atom is -0.457 e. The van der Waals surface area contributed by atoms with E-state index in [1.54, 1.807) is 11.8 Å². The molecular weight excluding hydrogens is 570 g/mol. The fourth-order valence-electron chi connectivity index (χ4n) is 5.41. The van der Waals surface area contributed by atoms with Crippen molar-refractivity contribution in [1.29, 1.82) is 0 Å². The first-order chi connectivity index (χ1) is 21.5. The maximum atomic E-state index is 13.5. The normalized spacial score (nSPS) is 16.7. The lowest BCUT2D eigenvalue weighted by molar-refractivity contribution is -0.140. The SMILES string of the molecule is CCCC[C@H](NC(=O)OC1CC(C)(C)CN1C(=O)Cc1cccc(Oc2ccccc2)c1)C(=O)C(=O)N[C@H](C)c1ccccc1. The molecule has 0 aromatic heterocycles. The van der Waals surface area contributed by atoms with Crippen LogP contribution in [0.1, 0.15) is 70.5 Å². The van der Waals surface area contributed by atoms with E-state index in [2.05, 4.69) is 10.6 Å². The van der Waals surface area contributed by atoms with Gasteiger partial charge in [0.05, 0.1) is 12.5 Å². The smallest absolute Gasteiger partial charge is 0.409 e. The van der Waals surface area contributed by atoms with Gasteiger partial charge in [0.25, 0.3) is 5.91 Å². The summed E-state index contributed by atoms with van der Waals surface area (Å²) in [6.07, 6.45) is 0.577. The van der Waals surface area contributed by atoms with E-state index in [9.17, 15) is 19.2 Å². The molecule has 9 heteroatoms. The Morgan fingerprint density at radius 3 is 2.27 bits per heavy atom. The van der Waals surface area contributed by atoms with Crippen LogP contribution >= 0.6 is 0 Å². The molecule has 1 aliphatic heterocycles. The number of hydrogen-bond acceptors (Lipinski definition) is 6. The first kappa shape index (κ1) is 33.2.